The fraction of sp³-hybridized carbons (Fsp3) is 0.615. The summed E-state index contributed by atoms with van der Waals surface area (Å²) in [5, 5.41) is 3.02. The highest BCUT2D eigenvalue weighted by Crippen LogP contribution is 2.40. The molecule has 20 heavy (non-hydrogen) atoms. The van der Waals surface area contributed by atoms with Gasteiger partial charge in [0.05, 0.1) is 5.56 Å². The van der Waals surface area contributed by atoms with Crippen molar-refractivity contribution in [3.05, 3.63) is 17.7 Å². The van der Waals surface area contributed by atoms with E-state index < -0.39 is 11.7 Å². The lowest BCUT2D eigenvalue weighted by Crippen LogP contribution is -2.30. The molecule has 1 fully saturated rings. The Bertz CT molecular complexity index is 470. The van der Waals surface area contributed by atoms with E-state index in [0.717, 1.165) is 25.0 Å². The minimum Gasteiger partial charge on any atom is -0.384 e. The quantitative estimate of drug-likeness (QED) is 0.889. The first-order valence-electron chi connectivity index (χ1n) is 6.48. The van der Waals surface area contributed by atoms with Crippen LogP contribution in [-0.4, -0.2) is 22.5 Å². The number of halogens is 3. The summed E-state index contributed by atoms with van der Waals surface area (Å²) < 4.78 is 38.2. The molecule has 0 radical (unpaired) electrons. The van der Waals surface area contributed by atoms with Gasteiger partial charge in [0.2, 0.25) is 0 Å². The van der Waals surface area contributed by atoms with Crippen LogP contribution in [0.25, 0.3) is 0 Å². The van der Waals surface area contributed by atoms with Gasteiger partial charge in [0.25, 0.3) is 0 Å². The molecule has 0 aliphatic heterocycles. The number of nitrogens with one attached hydrogen (secondary N) is 1. The lowest BCUT2D eigenvalue weighted by atomic mass is 10.1. The van der Waals surface area contributed by atoms with Gasteiger partial charge in [0, 0.05) is 11.3 Å². The van der Waals surface area contributed by atoms with Crippen molar-refractivity contribution in [1.82, 2.24) is 4.98 Å². The highest BCUT2D eigenvalue weighted by atomic mass is 32.2. The Hall–Kier alpha value is -1.11. The highest BCUT2D eigenvalue weighted by molar-refractivity contribution is 8.00. The Labute approximate surface area is 120 Å². The smallest absolute Gasteiger partial charge is 0.384 e. The number of hydrogen-bond acceptors (Lipinski definition) is 4. The van der Waals surface area contributed by atoms with Gasteiger partial charge in [-0.25, -0.2) is 4.98 Å². The Morgan fingerprint density at radius 2 is 2.00 bits per heavy atom. The van der Waals surface area contributed by atoms with Gasteiger partial charge in [-0.15, -0.1) is 0 Å². The summed E-state index contributed by atoms with van der Waals surface area (Å²) in [4.78, 5) is 3.93. The molecule has 7 heteroatoms. The van der Waals surface area contributed by atoms with Gasteiger partial charge in [-0.1, -0.05) is 12.8 Å². The molecule has 1 saturated carbocycles. The maximum absolute atomic E-state index is 12.7. The molecule has 2 rings (SSSR count). The number of rotatable bonds is 4. The summed E-state index contributed by atoms with van der Waals surface area (Å²) in [5.74, 6) is 0.0737. The Morgan fingerprint density at radius 3 is 2.55 bits per heavy atom. The first-order chi connectivity index (χ1) is 9.35. The van der Waals surface area contributed by atoms with Crippen molar-refractivity contribution in [2.75, 3.05) is 23.9 Å². The standard InChI is InChI=1S/C13H18F3N3S/c1-20-12(4-2-3-5-12)8-18-11-7-9(13(14,15)16)6-10(17)19-11/h6-7H,2-5,8H2,1H3,(H3,17,18,19). The van der Waals surface area contributed by atoms with Crippen molar-refractivity contribution in [2.45, 2.75) is 36.6 Å². The second kappa shape index (κ2) is 5.71. The Kier molecular flexibility index (Phi) is 4.36. The minimum absolute atomic E-state index is 0.102. The van der Waals surface area contributed by atoms with E-state index in [-0.39, 0.29) is 16.4 Å². The van der Waals surface area contributed by atoms with Crippen molar-refractivity contribution >= 4 is 23.4 Å². The van der Waals surface area contributed by atoms with Crippen LogP contribution in [0.1, 0.15) is 31.2 Å². The van der Waals surface area contributed by atoms with Crippen molar-refractivity contribution in [1.29, 1.82) is 0 Å². The second-order valence-electron chi connectivity index (χ2n) is 5.11. The summed E-state index contributed by atoms with van der Waals surface area (Å²) in [7, 11) is 0. The topological polar surface area (TPSA) is 50.9 Å². The number of nitrogens with zero attached hydrogens (tertiary/aromatic N) is 1. The molecule has 0 spiro atoms. The van der Waals surface area contributed by atoms with Crippen LogP contribution in [0.15, 0.2) is 12.1 Å². The van der Waals surface area contributed by atoms with E-state index in [0.29, 0.717) is 6.54 Å². The molecule has 0 unspecified atom stereocenters. The molecular weight excluding hydrogens is 287 g/mol. The third-order valence-corrected chi connectivity index (χ3v) is 5.13. The summed E-state index contributed by atoms with van der Waals surface area (Å²) in [6.45, 7) is 0.613. The van der Waals surface area contributed by atoms with E-state index in [1.165, 1.54) is 12.8 Å². The molecule has 1 heterocycles. The van der Waals surface area contributed by atoms with Crippen LogP contribution < -0.4 is 11.1 Å². The van der Waals surface area contributed by atoms with E-state index in [9.17, 15) is 13.2 Å². The number of nitrogen functional groups attached to an aromatic ring is 1. The lowest BCUT2D eigenvalue weighted by Gasteiger charge is -2.27. The van der Waals surface area contributed by atoms with E-state index in [1.54, 1.807) is 11.8 Å². The van der Waals surface area contributed by atoms with Gasteiger partial charge in [-0.2, -0.15) is 24.9 Å². The van der Waals surface area contributed by atoms with Gasteiger partial charge in [0.15, 0.2) is 0 Å². The number of thioether (sulfide) groups is 1. The minimum atomic E-state index is -4.40. The largest absolute Gasteiger partial charge is 0.416 e. The summed E-state index contributed by atoms with van der Waals surface area (Å²) in [6.07, 6.45) is 2.13. The predicted octanol–water partition coefficient (Wildman–Crippen LogP) is 3.77. The van der Waals surface area contributed by atoms with Gasteiger partial charge in [-0.3, -0.25) is 0 Å². The molecule has 3 nitrogen and oxygen atoms in total. The summed E-state index contributed by atoms with van der Waals surface area (Å²) in [5.41, 5.74) is 4.68. The number of anilines is 2. The second-order valence-corrected chi connectivity index (χ2v) is 6.39. The summed E-state index contributed by atoms with van der Waals surface area (Å²) in [6, 6.07) is 1.87. The van der Waals surface area contributed by atoms with Crippen molar-refractivity contribution in [3.63, 3.8) is 0 Å². The van der Waals surface area contributed by atoms with Crippen LogP contribution in [0.4, 0.5) is 24.8 Å². The molecular formula is C13H18F3N3S. The molecule has 3 N–H and O–H groups in total. The predicted molar refractivity (Wildman–Crippen MR) is 76.9 cm³/mol. The maximum atomic E-state index is 12.7. The van der Waals surface area contributed by atoms with Gasteiger partial charge in [-0.05, 0) is 31.2 Å². The fourth-order valence-corrected chi connectivity index (χ4v) is 3.44. The molecule has 0 atom stereocenters. The van der Waals surface area contributed by atoms with Crippen LogP contribution >= 0.6 is 11.8 Å². The van der Waals surface area contributed by atoms with Crippen molar-refractivity contribution in [2.24, 2.45) is 0 Å². The molecule has 112 valence electrons. The average Bonchev–Trinajstić information content (AvgIpc) is 2.84. The number of pyridine rings is 1. The third-order valence-electron chi connectivity index (χ3n) is 3.71. The molecule has 1 aliphatic carbocycles. The molecule has 1 aliphatic rings. The number of aromatic nitrogens is 1. The lowest BCUT2D eigenvalue weighted by molar-refractivity contribution is -0.137. The van der Waals surface area contributed by atoms with Gasteiger partial charge < -0.3 is 11.1 Å². The normalized spacial score (nSPS) is 18.2. The van der Waals surface area contributed by atoms with E-state index in [1.807, 2.05) is 6.26 Å². The highest BCUT2D eigenvalue weighted by Gasteiger charge is 2.34. The average molecular weight is 305 g/mol. The summed E-state index contributed by atoms with van der Waals surface area (Å²) >= 11 is 1.77. The first-order valence-corrected chi connectivity index (χ1v) is 7.71. The van der Waals surface area contributed by atoms with Gasteiger partial charge >= 0.3 is 6.18 Å². The van der Waals surface area contributed by atoms with Gasteiger partial charge in [0.1, 0.15) is 11.6 Å². The van der Waals surface area contributed by atoms with E-state index in [4.69, 9.17) is 5.73 Å². The molecule has 0 aromatic carbocycles. The zero-order chi connectivity index (χ0) is 14.8. The number of alkyl halides is 3. The Balaban J connectivity index is 2.11. The maximum Gasteiger partial charge on any atom is 0.416 e. The van der Waals surface area contributed by atoms with Crippen LogP contribution in [0, 0.1) is 0 Å². The fourth-order valence-electron chi connectivity index (χ4n) is 2.53. The molecule has 0 amide bonds. The first kappa shape index (κ1) is 15.3. The zero-order valence-corrected chi connectivity index (χ0v) is 12.1. The number of hydrogen-bond donors (Lipinski definition) is 2. The van der Waals surface area contributed by atoms with E-state index in [2.05, 4.69) is 10.3 Å². The molecule has 1 aromatic heterocycles. The van der Waals surface area contributed by atoms with Crippen LogP contribution in [0.2, 0.25) is 0 Å². The zero-order valence-electron chi connectivity index (χ0n) is 11.3. The van der Waals surface area contributed by atoms with Crippen LogP contribution in [0.5, 0.6) is 0 Å². The number of nitrogens with two attached hydrogens (primary N) is 1. The van der Waals surface area contributed by atoms with Crippen molar-refractivity contribution < 1.29 is 13.2 Å². The molecule has 0 bridgehead atoms. The van der Waals surface area contributed by atoms with E-state index >= 15 is 0 Å². The third kappa shape index (κ3) is 3.50. The molecule has 1 aromatic rings. The monoisotopic (exact) mass is 305 g/mol. The SMILES string of the molecule is CSC1(CNc2cc(C(F)(F)F)cc(N)n2)CCCC1. The Morgan fingerprint density at radius 1 is 1.35 bits per heavy atom. The van der Waals surface area contributed by atoms with Crippen molar-refractivity contribution in [3.8, 4) is 0 Å². The van der Waals surface area contributed by atoms with Crippen LogP contribution in [0.3, 0.4) is 0 Å². The molecule has 0 saturated heterocycles. The van der Waals surface area contributed by atoms with Crippen LogP contribution in [-0.2, 0) is 6.18 Å².